The summed E-state index contributed by atoms with van der Waals surface area (Å²) in [5, 5.41) is 11.9. The molecule has 25 heavy (non-hydrogen) atoms. The van der Waals surface area contributed by atoms with Crippen LogP contribution < -0.4 is 10.1 Å². The van der Waals surface area contributed by atoms with Crippen LogP contribution in [0.2, 0.25) is 0 Å². The third kappa shape index (κ3) is 3.31. The van der Waals surface area contributed by atoms with Crippen molar-refractivity contribution in [3.05, 3.63) is 29.9 Å². The maximum Gasteiger partial charge on any atom is 0.214 e. The largest absolute Gasteiger partial charge is 0.475 e. The fourth-order valence-electron chi connectivity index (χ4n) is 3.35. The molecule has 132 valence electrons. The van der Waals surface area contributed by atoms with E-state index >= 15 is 0 Å². The average Bonchev–Trinajstić information content (AvgIpc) is 3.05. The number of aromatic nitrogens is 3. The Balaban J connectivity index is 1.64. The first kappa shape index (κ1) is 15.9. The molecule has 2 aliphatic heterocycles. The van der Waals surface area contributed by atoms with Crippen LogP contribution in [-0.4, -0.2) is 45.6 Å². The molecular formula is C18H24N6O. The van der Waals surface area contributed by atoms with E-state index in [0.717, 1.165) is 35.5 Å². The summed E-state index contributed by atoms with van der Waals surface area (Å²) >= 11 is 0. The standard InChI is InChI=1S/C18H24N6O/c1-12(2)25-17-8-13-15(10-19-17)22-23-18(13)14-9-16(21-11-20-14)24-6-4-3-5-7-24/h8-12,14H,3-7H2,1-2H3,(H,20,21)(H,22,23). The molecule has 7 heteroatoms. The van der Waals surface area contributed by atoms with Gasteiger partial charge in [-0.1, -0.05) is 0 Å². The Hall–Kier alpha value is -2.57. The van der Waals surface area contributed by atoms with Crippen molar-refractivity contribution in [1.29, 1.82) is 0 Å². The molecule has 1 fully saturated rings. The molecule has 4 heterocycles. The van der Waals surface area contributed by atoms with Gasteiger partial charge in [0.1, 0.15) is 5.82 Å². The van der Waals surface area contributed by atoms with Crippen LogP contribution >= 0.6 is 0 Å². The number of piperidine rings is 1. The van der Waals surface area contributed by atoms with E-state index in [2.05, 4.69) is 36.5 Å². The first-order chi connectivity index (χ1) is 12.2. The van der Waals surface area contributed by atoms with Gasteiger partial charge < -0.3 is 15.0 Å². The topological polar surface area (TPSA) is 78.4 Å². The van der Waals surface area contributed by atoms with Crippen LogP contribution in [-0.2, 0) is 0 Å². The zero-order valence-corrected chi connectivity index (χ0v) is 14.7. The first-order valence-electron chi connectivity index (χ1n) is 8.97. The van der Waals surface area contributed by atoms with E-state index in [1.54, 1.807) is 12.5 Å². The van der Waals surface area contributed by atoms with Gasteiger partial charge in [0.15, 0.2) is 0 Å². The normalized spacial score (nSPS) is 20.7. The van der Waals surface area contributed by atoms with Crippen molar-refractivity contribution in [2.45, 2.75) is 45.3 Å². The molecule has 2 N–H and O–H groups in total. The quantitative estimate of drug-likeness (QED) is 0.895. The van der Waals surface area contributed by atoms with Crippen molar-refractivity contribution < 1.29 is 4.74 Å². The van der Waals surface area contributed by atoms with E-state index < -0.39 is 0 Å². The maximum atomic E-state index is 5.73. The predicted octanol–water partition coefficient (Wildman–Crippen LogP) is 2.75. The molecule has 0 saturated carbocycles. The second-order valence-electron chi connectivity index (χ2n) is 6.82. The number of pyridine rings is 1. The van der Waals surface area contributed by atoms with Crippen LogP contribution in [0.1, 0.15) is 44.8 Å². The summed E-state index contributed by atoms with van der Waals surface area (Å²) in [6.45, 7) is 6.14. The molecule has 4 rings (SSSR count). The van der Waals surface area contributed by atoms with Crippen molar-refractivity contribution in [3.63, 3.8) is 0 Å². The van der Waals surface area contributed by atoms with Crippen LogP contribution in [0.3, 0.4) is 0 Å². The number of H-pyrrole nitrogens is 1. The van der Waals surface area contributed by atoms with Crippen LogP contribution in [0.5, 0.6) is 5.88 Å². The number of nitrogens with one attached hydrogen (secondary N) is 2. The number of ether oxygens (including phenoxy) is 1. The lowest BCUT2D eigenvalue weighted by Gasteiger charge is -2.31. The van der Waals surface area contributed by atoms with Gasteiger partial charge in [0.05, 0.1) is 35.9 Å². The third-order valence-corrected chi connectivity index (χ3v) is 4.55. The van der Waals surface area contributed by atoms with Gasteiger partial charge in [0, 0.05) is 24.5 Å². The molecule has 7 nitrogen and oxygen atoms in total. The Labute approximate surface area is 147 Å². The SMILES string of the molecule is CC(C)Oc1cc2c(C3C=C(N4CCCCC4)N=CN3)n[nH]c2cn1. The Bertz CT molecular complexity index is 803. The highest BCUT2D eigenvalue weighted by Gasteiger charge is 2.22. The number of rotatable bonds is 4. The highest BCUT2D eigenvalue weighted by atomic mass is 16.5. The first-order valence-corrected chi connectivity index (χ1v) is 8.97. The third-order valence-electron chi connectivity index (χ3n) is 4.55. The van der Waals surface area contributed by atoms with Crippen molar-refractivity contribution in [2.75, 3.05) is 13.1 Å². The zero-order valence-electron chi connectivity index (χ0n) is 14.7. The molecular weight excluding hydrogens is 316 g/mol. The Morgan fingerprint density at radius 3 is 2.88 bits per heavy atom. The van der Waals surface area contributed by atoms with Gasteiger partial charge in [-0.2, -0.15) is 5.10 Å². The molecule has 0 spiro atoms. The monoisotopic (exact) mass is 340 g/mol. The summed E-state index contributed by atoms with van der Waals surface area (Å²) in [4.78, 5) is 11.2. The van der Waals surface area contributed by atoms with Crippen LogP contribution in [0.25, 0.3) is 10.9 Å². The van der Waals surface area contributed by atoms with Gasteiger partial charge in [-0.25, -0.2) is 9.98 Å². The van der Waals surface area contributed by atoms with Gasteiger partial charge in [0.2, 0.25) is 5.88 Å². The molecule has 0 aromatic carbocycles. The summed E-state index contributed by atoms with van der Waals surface area (Å²) in [5.74, 6) is 1.65. The lowest BCUT2D eigenvalue weighted by atomic mass is 10.1. The molecule has 0 aliphatic carbocycles. The number of aliphatic imine (C=N–C) groups is 1. The second-order valence-corrected chi connectivity index (χ2v) is 6.82. The lowest BCUT2D eigenvalue weighted by Crippen LogP contribution is -2.32. The summed E-state index contributed by atoms with van der Waals surface area (Å²) in [7, 11) is 0. The summed E-state index contributed by atoms with van der Waals surface area (Å²) in [6.07, 6.45) is 9.58. The molecule has 1 atom stereocenters. The van der Waals surface area contributed by atoms with Crippen LogP contribution in [0, 0.1) is 0 Å². The fraction of sp³-hybridized carbons (Fsp3) is 0.500. The van der Waals surface area contributed by atoms with Crippen molar-refractivity contribution in [1.82, 2.24) is 25.4 Å². The molecule has 0 amide bonds. The Morgan fingerprint density at radius 2 is 2.08 bits per heavy atom. The molecule has 1 saturated heterocycles. The summed E-state index contributed by atoms with van der Waals surface area (Å²) in [6, 6.07) is 1.94. The van der Waals surface area contributed by atoms with Gasteiger partial charge >= 0.3 is 0 Å². The van der Waals surface area contributed by atoms with Crippen molar-refractivity contribution in [2.24, 2.45) is 4.99 Å². The minimum atomic E-state index is -0.0162. The van der Waals surface area contributed by atoms with Gasteiger partial charge in [-0.05, 0) is 39.2 Å². The minimum absolute atomic E-state index is 0.0162. The number of hydrogen-bond donors (Lipinski definition) is 2. The van der Waals surface area contributed by atoms with Gasteiger partial charge in [0.25, 0.3) is 0 Å². The highest BCUT2D eigenvalue weighted by Crippen LogP contribution is 2.28. The number of nitrogens with zero attached hydrogens (tertiary/aromatic N) is 4. The van der Waals surface area contributed by atoms with Crippen molar-refractivity contribution in [3.8, 4) is 5.88 Å². The Kier molecular flexibility index (Phi) is 4.29. The smallest absolute Gasteiger partial charge is 0.214 e. The maximum absolute atomic E-state index is 5.73. The highest BCUT2D eigenvalue weighted by molar-refractivity contribution is 5.82. The minimum Gasteiger partial charge on any atom is -0.475 e. The molecule has 1 unspecified atom stereocenters. The molecule has 2 aromatic rings. The fourth-order valence-corrected chi connectivity index (χ4v) is 3.35. The lowest BCUT2D eigenvalue weighted by molar-refractivity contribution is 0.233. The summed E-state index contributed by atoms with van der Waals surface area (Å²) < 4.78 is 5.73. The predicted molar refractivity (Wildman–Crippen MR) is 97.5 cm³/mol. The van der Waals surface area contributed by atoms with E-state index in [1.807, 2.05) is 19.9 Å². The van der Waals surface area contributed by atoms with E-state index in [1.165, 1.54) is 19.3 Å². The second kappa shape index (κ2) is 6.74. The van der Waals surface area contributed by atoms with Crippen LogP contribution in [0.15, 0.2) is 29.2 Å². The summed E-state index contributed by atoms with van der Waals surface area (Å²) in [5.41, 5.74) is 1.84. The molecule has 0 radical (unpaired) electrons. The molecule has 2 aliphatic rings. The number of fused-ring (bicyclic) bond motifs is 1. The van der Waals surface area contributed by atoms with Crippen LogP contribution in [0.4, 0.5) is 0 Å². The molecule has 0 bridgehead atoms. The Morgan fingerprint density at radius 1 is 1.24 bits per heavy atom. The number of aromatic amines is 1. The van der Waals surface area contributed by atoms with Gasteiger partial charge in [-0.15, -0.1) is 0 Å². The van der Waals surface area contributed by atoms with E-state index in [-0.39, 0.29) is 12.1 Å². The van der Waals surface area contributed by atoms with E-state index in [4.69, 9.17) is 4.74 Å². The van der Waals surface area contributed by atoms with Gasteiger partial charge in [-0.3, -0.25) is 5.10 Å². The van der Waals surface area contributed by atoms with E-state index in [0.29, 0.717) is 5.88 Å². The molecule has 2 aromatic heterocycles. The number of likely N-dealkylation sites (tertiary alicyclic amines) is 1. The number of hydrogen-bond acceptors (Lipinski definition) is 6. The zero-order chi connectivity index (χ0) is 17.2. The average molecular weight is 340 g/mol. The van der Waals surface area contributed by atoms with Crippen molar-refractivity contribution >= 4 is 17.2 Å². The van der Waals surface area contributed by atoms with E-state index in [9.17, 15) is 0 Å².